The van der Waals surface area contributed by atoms with Crippen LogP contribution in [0, 0.1) is 0 Å². The lowest BCUT2D eigenvalue weighted by atomic mass is 9.98. The monoisotopic (exact) mass is 439 g/mol. The highest BCUT2D eigenvalue weighted by Gasteiger charge is 2.55. The molecule has 1 N–H and O–H groups in total. The fourth-order valence-electron chi connectivity index (χ4n) is 4.69. The van der Waals surface area contributed by atoms with Crippen LogP contribution >= 0.6 is 0 Å². The number of nitrogens with zero attached hydrogens (tertiary/aromatic N) is 1. The number of aliphatic carboxylic acids is 1. The summed E-state index contributed by atoms with van der Waals surface area (Å²) in [6.07, 6.45) is -4.01. The molecule has 2 saturated heterocycles. The molecule has 0 saturated carbocycles. The topological polar surface area (TPSA) is 112 Å². The van der Waals surface area contributed by atoms with E-state index in [1.54, 1.807) is 0 Å². The van der Waals surface area contributed by atoms with Gasteiger partial charge in [0.15, 0.2) is 18.4 Å². The first-order valence-electron chi connectivity index (χ1n) is 10.2. The van der Waals surface area contributed by atoms with Crippen molar-refractivity contribution in [2.45, 2.75) is 30.5 Å². The molecule has 1 amide bonds. The van der Waals surface area contributed by atoms with Crippen molar-refractivity contribution in [3.63, 3.8) is 0 Å². The summed E-state index contributed by atoms with van der Waals surface area (Å²) in [4.78, 5) is 37.8. The number of esters is 1. The number of ether oxygens (including phenoxy) is 4. The Bertz CT molecular complexity index is 1040. The summed E-state index contributed by atoms with van der Waals surface area (Å²) in [7, 11) is 1.20. The summed E-state index contributed by atoms with van der Waals surface area (Å²) in [5.41, 5.74) is 4.28. The Balaban J connectivity index is 1.35. The molecular formula is C23H21NO8. The van der Waals surface area contributed by atoms with Gasteiger partial charge in [-0.1, -0.05) is 48.5 Å². The number of carboxylic acids is 1. The molecule has 1 aliphatic carbocycles. The van der Waals surface area contributed by atoms with Crippen molar-refractivity contribution in [2.24, 2.45) is 0 Å². The van der Waals surface area contributed by atoms with E-state index in [1.807, 2.05) is 48.5 Å². The van der Waals surface area contributed by atoms with Gasteiger partial charge in [-0.25, -0.2) is 14.4 Å². The summed E-state index contributed by atoms with van der Waals surface area (Å²) < 4.78 is 21.2. The Morgan fingerprint density at radius 1 is 1.03 bits per heavy atom. The Hall–Kier alpha value is -3.43. The summed E-state index contributed by atoms with van der Waals surface area (Å²) in [6, 6.07) is 14.4. The van der Waals surface area contributed by atoms with Crippen LogP contribution in [0.4, 0.5) is 4.79 Å². The van der Waals surface area contributed by atoms with Crippen LogP contribution in [-0.2, 0) is 28.5 Å². The van der Waals surface area contributed by atoms with Crippen LogP contribution in [0.15, 0.2) is 48.5 Å². The Morgan fingerprint density at radius 2 is 1.66 bits per heavy atom. The third-order valence-corrected chi connectivity index (χ3v) is 6.15. The number of benzene rings is 2. The van der Waals surface area contributed by atoms with E-state index >= 15 is 0 Å². The van der Waals surface area contributed by atoms with Gasteiger partial charge in [-0.3, -0.25) is 4.90 Å². The third kappa shape index (κ3) is 3.21. The van der Waals surface area contributed by atoms with Crippen LogP contribution in [0.1, 0.15) is 17.0 Å². The van der Waals surface area contributed by atoms with Crippen molar-refractivity contribution < 1.29 is 38.4 Å². The fraction of sp³-hybridized carbons (Fsp3) is 0.348. The zero-order valence-electron chi connectivity index (χ0n) is 17.2. The summed E-state index contributed by atoms with van der Waals surface area (Å²) in [5.74, 6) is -2.16. The quantitative estimate of drug-likeness (QED) is 0.720. The molecule has 2 aromatic carbocycles. The van der Waals surface area contributed by atoms with E-state index in [4.69, 9.17) is 14.2 Å². The van der Waals surface area contributed by atoms with Gasteiger partial charge in [-0.2, -0.15) is 0 Å². The van der Waals surface area contributed by atoms with Crippen molar-refractivity contribution in [1.29, 1.82) is 0 Å². The normalized spacial score (nSPS) is 25.7. The first-order valence-corrected chi connectivity index (χ1v) is 10.2. The van der Waals surface area contributed by atoms with E-state index in [1.165, 1.54) is 7.11 Å². The Morgan fingerprint density at radius 3 is 2.25 bits per heavy atom. The Kier molecular flexibility index (Phi) is 5.07. The van der Waals surface area contributed by atoms with E-state index in [-0.39, 0.29) is 19.1 Å². The van der Waals surface area contributed by atoms with Crippen LogP contribution < -0.4 is 0 Å². The lowest BCUT2D eigenvalue weighted by Gasteiger charge is -2.35. The van der Waals surface area contributed by atoms with Crippen LogP contribution in [0.2, 0.25) is 0 Å². The molecule has 0 radical (unpaired) electrons. The average molecular weight is 439 g/mol. The molecule has 166 valence electrons. The number of hydrogen-bond donors (Lipinski definition) is 1. The number of morpholine rings is 1. The highest BCUT2D eigenvalue weighted by atomic mass is 16.7. The molecule has 4 atom stereocenters. The number of carbonyl (C=O) groups excluding carboxylic acids is 2. The average Bonchev–Trinajstić information content (AvgIpc) is 3.31. The molecule has 2 fully saturated rings. The zero-order chi connectivity index (χ0) is 22.4. The SMILES string of the molecule is COC(=O)[C@@H]1O[C@@H]2O[C@H]1CN(C(=O)OCC1c3ccccc3-c3ccccc31)[C@H]2C(=O)O. The van der Waals surface area contributed by atoms with Gasteiger partial charge in [0.25, 0.3) is 0 Å². The smallest absolute Gasteiger partial charge is 0.410 e. The number of fused-ring (bicyclic) bond motifs is 5. The molecule has 2 aliphatic heterocycles. The van der Waals surface area contributed by atoms with Crippen molar-refractivity contribution in [3.8, 4) is 11.1 Å². The van der Waals surface area contributed by atoms with Gasteiger partial charge in [0.1, 0.15) is 12.7 Å². The first kappa shape index (κ1) is 20.5. The molecule has 0 unspecified atom stereocenters. The molecule has 0 aromatic heterocycles. The summed E-state index contributed by atoms with van der Waals surface area (Å²) in [6.45, 7) is -0.114. The number of carbonyl (C=O) groups is 3. The third-order valence-electron chi connectivity index (χ3n) is 6.15. The van der Waals surface area contributed by atoms with E-state index in [0.717, 1.165) is 27.2 Å². The van der Waals surface area contributed by atoms with Gasteiger partial charge in [-0.05, 0) is 22.3 Å². The summed E-state index contributed by atoms with van der Waals surface area (Å²) in [5, 5.41) is 9.67. The Labute approximate surface area is 183 Å². The molecule has 3 aliphatic rings. The number of hydrogen-bond acceptors (Lipinski definition) is 7. The van der Waals surface area contributed by atoms with Gasteiger partial charge in [0, 0.05) is 5.92 Å². The highest BCUT2D eigenvalue weighted by Crippen LogP contribution is 2.44. The second-order valence-corrected chi connectivity index (χ2v) is 7.86. The first-order chi connectivity index (χ1) is 15.5. The zero-order valence-corrected chi connectivity index (χ0v) is 17.2. The van der Waals surface area contributed by atoms with Gasteiger partial charge in [-0.15, -0.1) is 0 Å². The molecule has 2 aromatic rings. The molecule has 9 heteroatoms. The molecule has 9 nitrogen and oxygen atoms in total. The second kappa shape index (κ2) is 7.92. The van der Waals surface area contributed by atoms with Gasteiger partial charge >= 0.3 is 18.0 Å². The van der Waals surface area contributed by atoms with Crippen LogP contribution in [-0.4, -0.2) is 72.8 Å². The highest BCUT2D eigenvalue weighted by molar-refractivity contribution is 5.83. The van der Waals surface area contributed by atoms with Gasteiger partial charge in [0.2, 0.25) is 0 Å². The molecule has 2 heterocycles. The minimum Gasteiger partial charge on any atom is -0.480 e. The maximum atomic E-state index is 13.0. The van der Waals surface area contributed by atoms with Crippen LogP contribution in [0.5, 0.6) is 0 Å². The number of methoxy groups -OCH3 is 1. The van der Waals surface area contributed by atoms with Crippen molar-refractivity contribution >= 4 is 18.0 Å². The lowest BCUT2D eigenvalue weighted by molar-refractivity contribution is -0.176. The van der Waals surface area contributed by atoms with E-state index in [0.29, 0.717) is 0 Å². The minimum atomic E-state index is -1.43. The largest absolute Gasteiger partial charge is 0.480 e. The van der Waals surface area contributed by atoms with E-state index in [2.05, 4.69) is 4.74 Å². The van der Waals surface area contributed by atoms with Gasteiger partial charge in [0.05, 0.1) is 13.7 Å². The molecular weight excluding hydrogens is 418 g/mol. The molecule has 32 heavy (non-hydrogen) atoms. The second-order valence-electron chi connectivity index (χ2n) is 7.86. The number of amides is 1. The maximum absolute atomic E-state index is 13.0. The minimum absolute atomic E-state index is 0.0488. The predicted octanol–water partition coefficient (Wildman–Crippen LogP) is 1.99. The van der Waals surface area contributed by atoms with E-state index in [9.17, 15) is 19.5 Å². The van der Waals surface area contributed by atoms with Gasteiger partial charge < -0.3 is 24.1 Å². The maximum Gasteiger partial charge on any atom is 0.410 e. The van der Waals surface area contributed by atoms with Crippen LogP contribution in [0.3, 0.4) is 0 Å². The van der Waals surface area contributed by atoms with Crippen molar-refractivity contribution in [2.75, 3.05) is 20.3 Å². The summed E-state index contributed by atoms with van der Waals surface area (Å²) >= 11 is 0. The fourth-order valence-corrected chi connectivity index (χ4v) is 4.69. The number of rotatable bonds is 4. The predicted molar refractivity (Wildman–Crippen MR) is 109 cm³/mol. The van der Waals surface area contributed by atoms with E-state index < -0.39 is 42.6 Å². The molecule has 2 bridgehead atoms. The standard InChI is InChI=1S/C23H21NO8/c1-29-21(27)19-17-10-24(18(20(25)26)22(31-17)32-19)23(28)30-11-16-14-8-4-2-6-12(14)13-7-3-5-9-15(13)16/h2-9,16-19,22H,10-11H2,1H3,(H,25,26)/t17-,18-,19+,22-/m0/s1. The molecule has 5 rings (SSSR count). The van der Waals surface area contributed by atoms with Crippen molar-refractivity contribution in [1.82, 2.24) is 4.90 Å². The van der Waals surface area contributed by atoms with Crippen molar-refractivity contribution in [3.05, 3.63) is 59.7 Å². The number of carboxylic acid groups (broad SMARTS) is 1. The molecule has 0 spiro atoms. The lowest BCUT2D eigenvalue weighted by Crippen LogP contribution is -2.58. The van der Waals surface area contributed by atoms with Crippen LogP contribution in [0.25, 0.3) is 11.1 Å².